The number of nitrogens with zero attached hydrogens (tertiary/aromatic N) is 1. The van der Waals surface area contributed by atoms with Gasteiger partial charge in [-0.2, -0.15) is 8.42 Å². The number of cyclic esters (lactones) is 1. The van der Waals surface area contributed by atoms with Crippen LogP contribution in [-0.4, -0.2) is 37.0 Å². The molecule has 8 heteroatoms. The average Bonchev–Trinajstić information content (AvgIpc) is 2.97. The highest BCUT2D eigenvalue weighted by atomic mass is 32.2. The number of carbonyl (C=O) groups is 2. The van der Waals surface area contributed by atoms with E-state index in [0.717, 1.165) is 11.1 Å². The Labute approximate surface area is 195 Å². The number of rotatable bonds is 7. The van der Waals surface area contributed by atoms with Crippen molar-refractivity contribution < 1.29 is 26.9 Å². The molecule has 3 rings (SSSR count). The number of imide groups is 1. The summed E-state index contributed by atoms with van der Waals surface area (Å²) in [7, 11) is -3.92. The van der Waals surface area contributed by atoms with Crippen molar-refractivity contribution >= 4 is 28.2 Å². The van der Waals surface area contributed by atoms with Gasteiger partial charge in [-0.05, 0) is 56.5 Å². The largest absolute Gasteiger partial charge is 0.441 e. The van der Waals surface area contributed by atoms with Gasteiger partial charge in [0.25, 0.3) is 0 Å². The van der Waals surface area contributed by atoms with Gasteiger partial charge in [0.05, 0.1) is 6.04 Å². The molecule has 2 amide bonds. The highest BCUT2D eigenvalue weighted by Crippen LogP contribution is 2.34. The van der Waals surface area contributed by atoms with Crippen molar-refractivity contribution in [3.05, 3.63) is 65.7 Å². The summed E-state index contributed by atoms with van der Waals surface area (Å²) in [5.41, 5.74) is 0.973. The van der Waals surface area contributed by atoms with Crippen LogP contribution in [-0.2, 0) is 19.6 Å². The van der Waals surface area contributed by atoms with Crippen LogP contribution < -0.4 is 4.18 Å². The van der Waals surface area contributed by atoms with Crippen molar-refractivity contribution in [1.82, 2.24) is 4.90 Å². The summed E-state index contributed by atoms with van der Waals surface area (Å²) in [6.45, 7) is 9.39. The summed E-state index contributed by atoms with van der Waals surface area (Å²) in [6, 6.07) is 12.5. The predicted octanol–water partition coefficient (Wildman–Crippen LogP) is 4.95. The Bertz CT molecular complexity index is 1150. The van der Waals surface area contributed by atoms with Gasteiger partial charge in [-0.25, -0.2) is 9.69 Å². The van der Waals surface area contributed by atoms with E-state index in [9.17, 15) is 18.0 Å². The second kappa shape index (κ2) is 9.39. The molecule has 2 aromatic carbocycles. The normalized spacial score (nSPS) is 18.1. The molecule has 0 aliphatic carbocycles. The van der Waals surface area contributed by atoms with Crippen LogP contribution in [0.4, 0.5) is 4.79 Å². The molecule has 0 bridgehead atoms. The first-order valence-corrected chi connectivity index (χ1v) is 12.1. The highest BCUT2D eigenvalue weighted by Gasteiger charge is 2.51. The zero-order chi connectivity index (χ0) is 24.4. The Hall–Kier alpha value is -3.13. The van der Waals surface area contributed by atoms with E-state index in [0.29, 0.717) is 0 Å². The fourth-order valence-electron chi connectivity index (χ4n) is 4.03. The summed E-state index contributed by atoms with van der Waals surface area (Å²) in [6.07, 6.45) is 2.81. The van der Waals surface area contributed by atoms with Crippen LogP contribution in [0.5, 0.6) is 5.75 Å². The molecular formula is C25H29NO6S. The molecule has 33 heavy (non-hydrogen) atoms. The zero-order valence-electron chi connectivity index (χ0n) is 19.4. The minimum absolute atomic E-state index is 0.0362. The smallest absolute Gasteiger partial charge is 0.417 e. The minimum atomic E-state index is -3.92. The number of amides is 2. The van der Waals surface area contributed by atoms with E-state index in [1.165, 1.54) is 17.0 Å². The number of carbonyl (C=O) groups excluding carboxylic acids is 2. The quantitative estimate of drug-likeness (QED) is 0.531. The van der Waals surface area contributed by atoms with Crippen LogP contribution >= 0.6 is 0 Å². The second-order valence-electron chi connectivity index (χ2n) is 8.95. The van der Waals surface area contributed by atoms with E-state index < -0.39 is 21.8 Å². The van der Waals surface area contributed by atoms with Gasteiger partial charge in [0.2, 0.25) is 5.91 Å². The molecule has 1 saturated heterocycles. The topological polar surface area (TPSA) is 90.0 Å². The fourth-order valence-corrected chi connectivity index (χ4v) is 4.96. The Morgan fingerprint density at radius 2 is 1.73 bits per heavy atom. The molecule has 1 heterocycles. The van der Waals surface area contributed by atoms with Crippen molar-refractivity contribution in [1.29, 1.82) is 0 Å². The molecule has 0 saturated carbocycles. The van der Waals surface area contributed by atoms with E-state index >= 15 is 0 Å². The third-order valence-electron chi connectivity index (χ3n) is 5.44. The summed E-state index contributed by atoms with van der Waals surface area (Å²) in [5.74, 6) is -0.0848. The summed E-state index contributed by atoms with van der Waals surface area (Å²) in [5, 5.41) is 0. The maximum Gasteiger partial charge on any atom is 0.417 e. The molecule has 1 atom stereocenters. The maximum absolute atomic E-state index is 12.7. The fraction of sp³-hybridized carbons (Fsp3) is 0.360. The third kappa shape index (κ3) is 5.63. The lowest BCUT2D eigenvalue weighted by molar-refractivity contribution is -0.129. The van der Waals surface area contributed by atoms with Gasteiger partial charge in [-0.15, -0.1) is 0 Å². The number of hydrogen-bond donors (Lipinski definition) is 0. The van der Waals surface area contributed by atoms with E-state index in [2.05, 4.69) is 0 Å². The Balaban J connectivity index is 1.63. The minimum Gasteiger partial charge on any atom is -0.441 e. The molecule has 176 valence electrons. The van der Waals surface area contributed by atoms with Gasteiger partial charge in [0.15, 0.2) is 0 Å². The molecule has 7 nitrogen and oxygen atoms in total. The lowest BCUT2D eigenvalue weighted by Crippen LogP contribution is -2.47. The van der Waals surface area contributed by atoms with Crippen molar-refractivity contribution in [3.63, 3.8) is 0 Å². The van der Waals surface area contributed by atoms with Gasteiger partial charge < -0.3 is 8.92 Å². The first-order valence-electron chi connectivity index (χ1n) is 10.7. The van der Waals surface area contributed by atoms with Crippen LogP contribution in [0.3, 0.4) is 0 Å². The van der Waals surface area contributed by atoms with Crippen LogP contribution in [0, 0.1) is 12.8 Å². The van der Waals surface area contributed by atoms with Gasteiger partial charge in [0.1, 0.15) is 16.2 Å². The lowest BCUT2D eigenvalue weighted by atomic mass is 9.89. The summed E-state index contributed by atoms with van der Waals surface area (Å²) in [4.78, 5) is 26.2. The summed E-state index contributed by atoms with van der Waals surface area (Å²) < 4.78 is 35.4. The van der Waals surface area contributed by atoms with Crippen LogP contribution in [0.15, 0.2) is 59.5 Å². The first-order chi connectivity index (χ1) is 15.4. The molecule has 2 aromatic rings. The molecule has 1 aliphatic rings. The van der Waals surface area contributed by atoms with E-state index in [1.54, 1.807) is 62.4 Å². The van der Waals surface area contributed by atoms with Gasteiger partial charge in [0, 0.05) is 6.42 Å². The Morgan fingerprint density at radius 3 is 2.30 bits per heavy atom. The monoisotopic (exact) mass is 471 g/mol. The Morgan fingerprint density at radius 1 is 1.12 bits per heavy atom. The van der Waals surface area contributed by atoms with Crippen LogP contribution in [0.2, 0.25) is 0 Å². The van der Waals surface area contributed by atoms with Crippen molar-refractivity contribution in [3.8, 4) is 5.75 Å². The van der Waals surface area contributed by atoms with Crippen LogP contribution in [0.1, 0.15) is 45.2 Å². The first kappa shape index (κ1) is 24.5. The highest BCUT2D eigenvalue weighted by molar-refractivity contribution is 7.87. The van der Waals surface area contributed by atoms with Gasteiger partial charge in [-0.3, -0.25) is 4.79 Å². The lowest BCUT2D eigenvalue weighted by Gasteiger charge is -2.30. The van der Waals surface area contributed by atoms with E-state index in [4.69, 9.17) is 8.92 Å². The summed E-state index contributed by atoms with van der Waals surface area (Å²) >= 11 is 0. The molecule has 0 aromatic heterocycles. The van der Waals surface area contributed by atoms with Crippen molar-refractivity contribution in [2.75, 3.05) is 0 Å². The molecular weight excluding hydrogens is 442 g/mol. The van der Waals surface area contributed by atoms with Gasteiger partial charge >= 0.3 is 16.2 Å². The molecule has 0 unspecified atom stereocenters. The molecule has 0 N–H and O–H groups in total. The Kier molecular flexibility index (Phi) is 6.97. The molecule has 0 spiro atoms. The van der Waals surface area contributed by atoms with Gasteiger partial charge in [-0.1, -0.05) is 55.8 Å². The average molecular weight is 472 g/mol. The van der Waals surface area contributed by atoms with Crippen molar-refractivity contribution in [2.45, 2.75) is 57.6 Å². The molecule has 1 fully saturated rings. The SMILES string of the molecule is Cc1ccc(S(=O)(=O)Oc2ccc(/C=C/CC(=O)N3C(=O)OC(C)(C)[C@@H]3C(C)C)cc2)cc1. The van der Waals surface area contributed by atoms with E-state index in [-0.39, 0.29) is 34.9 Å². The maximum atomic E-state index is 12.7. The number of benzene rings is 2. The number of aryl methyl sites for hydroxylation is 1. The number of hydrogen-bond acceptors (Lipinski definition) is 6. The second-order valence-corrected chi connectivity index (χ2v) is 10.5. The predicted molar refractivity (Wildman–Crippen MR) is 125 cm³/mol. The van der Waals surface area contributed by atoms with Crippen molar-refractivity contribution in [2.24, 2.45) is 5.92 Å². The number of ether oxygens (including phenoxy) is 1. The standard InChI is InChI=1S/C25H29NO6S/c1-17(2)23-25(4,5)31-24(28)26(23)22(27)8-6-7-19-11-13-20(14-12-19)32-33(29,30)21-15-9-18(3)10-16-21/h6-7,9-17,23H,8H2,1-5H3/b7-6+/t23-/m0/s1. The molecule has 1 aliphatic heterocycles. The van der Waals surface area contributed by atoms with E-state index in [1.807, 2.05) is 20.8 Å². The third-order valence-corrected chi connectivity index (χ3v) is 6.70. The zero-order valence-corrected chi connectivity index (χ0v) is 20.3. The van der Waals surface area contributed by atoms with Crippen LogP contribution in [0.25, 0.3) is 6.08 Å². The molecule has 0 radical (unpaired) electrons.